The molecule has 3 heteroatoms. The number of aliphatic carboxylic acids is 1. The van der Waals surface area contributed by atoms with Crippen molar-refractivity contribution in [1.82, 2.24) is 5.32 Å². The van der Waals surface area contributed by atoms with Crippen LogP contribution in [0.15, 0.2) is 0 Å². The second-order valence-corrected chi connectivity index (χ2v) is 4.50. The van der Waals surface area contributed by atoms with Crippen molar-refractivity contribution in [3.63, 3.8) is 0 Å². The van der Waals surface area contributed by atoms with E-state index in [-0.39, 0.29) is 12.3 Å². The van der Waals surface area contributed by atoms with Crippen LogP contribution < -0.4 is 5.32 Å². The maximum absolute atomic E-state index is 10.7. The van der Waals surface area contributed by atoms with Gasteiger partial charge in [-0.05, 0) is 31.8 Å². The van der Waals surface area contributed by atoms with E-state index in [0.717, 1.165) is 13.0 Å². The Bertz CT molecular complexity index is 171. The molecular formula is C12H25NO2. The van der Waals surface area contributed by atoms with Crippen molar-refractivity contribution < 1.29 is 9.90 Å². The Hall–Kier alpha value is -0.570. The Labute approximate surface area is 93.3 Å². The standard InChI is InChI=1S/C12H25NO2/c1-4-5-6-10(2)7-11(9-13-3)8-12(14)15/h10-11,13H,4-9H2,1-3H3,(H,14,15). The molecule has 0 aliphatic carbocycles. The number of carbonyl (C=O) groups is 1. The van der Waals surface area contributed by atoms with Crippen LogP contribution in [0.2, 0.25) is 0 Å². The summed E-state index contributed by atoms with van der Waals surface area (Å²) in [5, 5.41) is 11.8. The van der Waals surface area contributed by atoms with Crippen molar-refractivity contribution >= 4 is 5.97 Å². The molecular weight excluding hydrogens is 190 g/mol. The van der Waals surface area contributed by atoms with Gasteiger partial charge >= 0.3 is 5.97 Å². The lowest BCUT2D eigenvalue weighted by molar-refractivity contribution is -0.138. The van der Waals surface area contributed by atoms with Gasteiger partial charge in [-0.25, -0.2) is 0 Å². The Morgan fingerprint density at radius 2 is 2.13 bits per heavy atom. The van der Waals surface area contributed by atoms with Crippen molar-refractivity contribution in [3.05, 3.63) is 0 Å². The van der Waals surface area contributed by atoms with Crippen molar-refractivity contribution in [3.8, 4) is 0 Å². The van der Waals surface area contributed by atoms with Gasteiger partial charge in [0.2, 0.25) is 0 Å². The van der Waals surface area contributed by atoms with Crippen LogP contribution in [0.25, 0.3) is 0 Å². The highest BCUT2D eigenvalue weighted by atomic mass is 16.4. The third-order valence-electron chi connectivity index (χ3n) is 2.74. The van der Waals surface area contributed by atoms with E-state index >= 15 is 0 Å². The van der Waals surface area contributed by atoms with E-state index in [1.807, 2.05) is 7.05 Å². The molecule has 0 aromatic heterocycles. The number of hydrogen-bond acceptors (Lipinski definition) is 2. The van der Waals surface area contributed by atoms with Crippen LogP contribution in [0.1, 0.15) is 46.0 Å². The van der Waals surface area contributed by atoms with Crippen molar-refractivity contribution in [2.75, 3.05) is 13.6 Å². The first-order valence-electron chi connectivity index (χ1n) is 5.96. The normalized spacial score (nSPS) is 14.9. The first-order chi connectivity index (χ1) is 7.10. The first kappa shape index (κ1) is 14.4. The smallest absolute Gasteiger partial charge is 0.303 e. The predicted octanol–water partition coefficient (Wildman–Crippen LogP) is 2.51. The minimum absolute atomic E-state index is 0.277. The fraction of sp³-hybridized carbons (Fsp3) is 0.917. The molecule has 2 N–H and O–H groups in total. The molecule has 0 aromatic rings. The van der Waals surface area contributed by atoms with Crippen LogP contribution in [0.4, 0.5) is 0 Å². The molecule has 0 heterocycles. The van der Waals surface area contributed by atoms with Gasteiger partial charge in [0.25, 0.3) is 0 Å². The zero-order valence-electron chi connectivity index (χ0n) is 10.3. The predicted molar refractivity (Wildman–Crippen MR) is 63.0 cm³/mol. The maximum atomic E-state index is 10.7. The van der Waals surface area contributed by atoms with Gasteiger partial charge < -0.3 is 10.4 Å². The molecule has 15 heavy (non-hydrogen) atoms. The highest BCUT2D eigenvalue weighted by molar-refractivity contribution is 5.67. The van der Waals surface area contributed by atoms with Crippen LogP contribution in [0.5, 0.6) is 0 Å². The van der Waals surface area contributed by atoms with Crippen LogP contribution in [0, 0.1) is 11.8 Å². The average Bonchev–Trinajstić information content (AvgIpc) is 2.14. The minimum Gasteiger partial charge on any atom is -0.481 e. The molecule has 0 rings (SSSR count). The van der Waals surface area contributed by atoms with E-state index < -0.39 is 5.97 Å². The fourth-order valence-electron chi connectivity index (χ4n) is 2.01. The lowest BCUT2D eigenvalue weighted by Gasteiger charge is -2.19. The van der Waals surface area contributed by atoms with Gasteiger partial charge in [0, 0.05) is 6.42 Å². The molecule has 0 aromatic carbocycles. The van der Waals surface area contributed by atoms with Gasteiger partial charge in [0.1, 0.15) is 0 Å². The maximum Gasteiger partial charge on any atom is 0.303 e. The molecule has 2 atom stereocenters. The minimum atomic E-state index is -0.682. The van der Waals surface area contributed by atoms with Crippen molar-refractivity contribution in [2.45, 2.75) is 46.0 Å². The highest BCUT2D eigenvalue weighted by Crippen LogP contribution is 2.19. The number of hydrogen-bond donors (Lipinski definition) is 2. The number of carboxylic acid groups (broad SMARTS) is 1. The molecule has 0 saturated heterocycles. The summed E-state index contributed by atoms with van der Waals surface area (Å²) in [6, 6.07) is 0. The molecule has 0 aliphatic heterocycles. The zero-order chi connectivity index (χ0) is 11.7. The molecule has 0 bridgehead atoms. The summed E-state index contributed by atoms with van der Waals surface area (Å²) in [4.78, 5) is 10.7. The summed E-state index contributed by atoms with van der Waals surface area (Å²) in [5.74, 6) is 0.236. The van der Waals surface area contributed by atoms with Crippen LogP contribution in [0.3, 0.4) is 0 Å². The van der Waals surface area contributed by atoms with Crippen LogP contribution >= 0.6 is 0 Å². The number of unbranched alkanes of at least 4 members (excludes halogenated alkanes) is 1. The van der Waals surface area contributed by atoms with Gasteiger partial charge in [-0.15, -0.1) is 0 Å². The van der Waals surface area contributed by atoms with Gasteiger partial charge in [0.05, 0.1) is 0 Å². The number of nitrogens with one attached hydrogen (secondary N) is 1. The van der Waals surface area contributed by atoms with Crippen molar-refractivity contribution in [1.29, 1.82) is 0 Å². The Morgan fingerprint density at radius 1 is 1.47 bits per heavy atom. The monoisotopic (exact) mass is 215 g/mol. The molecule has 0 fully saturated rings. The van der Waals surface area contributed by atoms with Gasteiger partial charge in [-0.1, -0.05) is 33.1 Å². The van der Waals surface area contributed by atoms with E-state index in [0.29, 0.717) is 5.92 Å². The van der Waals surface area contributed by atoms with Gasteiger partial charge in [-0.3, -0.25) is 4.79 Å². The molecule has 2 unspecified atom stereocenters. The van der Waals surface area contributed by atoms with E-state index in [4.69, 9.17) is 5.11 Å². The zero-order valence-corrected chi connectivity index (χ0v) is 10.3. The SMILES string of the molecule is CCCCC(C)CC(CNC)CC(=O)O. The Kier molecular flexibility index (Phi) is 8.38. The summed E-state index contributed by atoms with van der Waals surface area (Å²) < 4.78 is 0. The second-order valence-electron chi connectivity index (χ2n) is 4.50. The molecule has 0 aliphatic rings. The van der Waals surface area contributed by atoms with Crippen molar-refractivity contribution in [2.24, 2.45) is 11.8 Å². The molecule has 0 radical (unpaired) electrons. The molecule has 3 nitrogen and oxygen atoms in total. The largest absolute Gasteiger partial charge is 0.481 e. The van der Waals surface area contributed by atoms with E-state index in [1.165, 1.54) is 19.3 Å². The van der Waals surface area contributed by atoms with E-state index in [1.54, 1.807) is 0 Å². The quantitative estimate of drug-likeness (QED) is 0.621. The second kappa shape index (κ2) is 8.72. The van der Waals surface area contributed by atoms with Gasteiger partial charge in [-0.2, -0.15) is 0 Å². The summed E-state index contributed by atoms with van der Waals surface area (Å²) in [6.07, 6.45) is 5.00. The lowest BCUT2D eigenvalue weighted by Crippen LogP contribution is -2.23. The average molecular weight is 215 g/mol. The Balaban J connectivity index is 3.86. The number of rotatable bonds is 9. The van der Waals surface area contributed by atoms with E-state index in [9.17, 15) is 4.79 Å². The number of carboxylic acids is 1. The first-order valence-corrected chi connectivity index (χ1v) is 5.96. The summed E-state index contributed by atoms with van der Waals surface area (Å²) >= 11 is 0. The Morgan fingerprint density at radius 3 is 2.60 bits per heavy atom. The topological polar surface area (TPSA) is 49.3 Å². The molecule has 0 spiro atoms. The summed E-state index contributed by atoms with van der Waals surface area (Å²) in [5.41, 5.74) is 0. The summed E-state index contributed by atoms with van der Waals surface area (Å²) in [6.45, 7) is 5.22. The fourth-order valence-corrected chi connectivity index (χ4v) is 2.01. The molecule has 0 saturated carbocycles. The third-order valence-corrected chi connectivity index (χ3v) is 2.74. The summed E-state index contributed by atoms with van der Waals surface area (Å²) in [7, 11) is 1.88. The molecule has 0 amide bonds. The lowest BCUT2D eigenvalue weighted by atomic mass is 9.90. The van der Waals surface area contributed by atoms with Crippen LogP contribution in [-0.4, -0.2) is 24.7 Å². The van der Waals surface area contributed by atoms with Gasteiger partial charge in [0.15, 0.2) is 0 Å². The molecule has 90 valence electrons. The van der Waals surface area contributed by atoms with Crippen LogP contribution in [-0.2, 0) is 4.79 Å². The third kappa shape index (κ3) is 8.43. The highest BCUT2D eigenvalue weighted by Gasteiger charge is 2.15. The van der Waals surface area contributed by atoms with E-state index in [2.05, 4.69) is 19.2 Å².